The molecule has 256 valence electrons. The SMILES string of the molecule is Cc1cc(C)[n+]2n1-c1cccc3c1C21c2c(cccc2-n2c(C)c(-c4ccc(-c5ccccc5)cc4)c(C)[n+]21)N3c1cc(C(C)C)cc(C(C)C)c1. The highest BCUT2D eigenvalue weighted by Gasteiger charge is 2.75. The van der Waals surface area contributed by atoms with Gasteiger partial charge in [0.25, 0.3) is 0 Å². The first kappa shape index (κ1) is 31.1. The molecular formula is C47H45N5+2. The molecule has 5 nitrogen and oxygen atoms in total. The lowest BCUT2D eigenvalue weighted by Gasteiger charge is -2.34. The maximum Gasteiger partial charge on any atom is 0.466 e. The van der Waals surface area contributed by atoms with Crippen LogP contribution in [0.4, 0.5) is 17.1 Å². The van der Waals surface area contributed by atoms with Crippen molar-refractivity contribution in [2.75, 3.05) is 4.90 Å². The van der Waals surface area contributed by atoms with Crippen LogP contribution in [0.15, 0.2) is 115 Å². The summed E-state index contributed by atoms with van der Waals surface area (Å²) in [4.78, 5) is 2.56. The van der Waals surface area contributed by atoms with Crippen LogP contribution in [-0.4, -0.2) is 9.36 Å². The van der Waals surface area contributed by atoms with Gasteiger partial charge >= 0.3 is 5.66 Å². The number of fused-ring (bicyclic) bond motifs is 4. The molecule has 5 heteroatoms. The van der Waals surface area contributed by atoms with Crippen LogP contribution in [0.1, 0.15) is 84.6 Å². The van der Waals surface area contributed by atoms with Crippen molar-refractivity contribution in [3.05, 3.63) is 160 Å². The summed E-state index contributed by atoms with van der Waals surface area (Å²) in [7, 11) is 0. The van der Waals surface area contributed by atoms with E-state index in [2.05, 4.69) is 194 Å². The number of nitrogens with zero attached hydrogens (tertiary/aromatic N) is 5. The number of anilines is 3. The number of aromatic nitrogens is 4. The van der Waals surface area contributed by atoms with Crippen molar-refractivity contribution in [2.45, 2.75) is 72.9 Å². The lowest BCUT2D eigenvalue weighted by atomic mass is 9.82. The third-order valence-corrected chi connectivity index (χ3v) is 12.0. The molecule has 52 heavy (non-hydrogen) atoms. The van der Waals surface area contributed by atoms with E-state index in [4.69, 9.17) is 0 Å². The van der Waals surface area contributed by atoms with E-state index in [1.807, 2.05) is 0 Å². The molecule has 7 aromatic rings. The van der Waals surface area contributed by atoms with E-state index in [1.165, 1.54) is 95.7 Å². The highest BCUT2D eigenvalue weighted by molar-refractivity contribution is 5.90. The summed E-state index contributed by atoms with van der Waals surface area (Å²) < 4.78 is 10.2. The first-order chi connectivity index (χ1) is 25.1. The van der Waals surface area contributed by atoms with Crippen LogP contribution in [0.5, 0.6) is 0 Å². The molecule has 0 fully saturated rings. The molecule has 3 aliphatic rings. The molecule has 1 unspecified atom stereocenters. The highest BCUT2D eigenvalue weighted by Crippen LogP contribution is 2.58. The minimum Gasteiger partial charge on any atom is -0.309 e. The summed E-state index contributed by atoms with van der Waals surface area (Å²) in [6.45, 7) is 18.4. The summed E-state index contributed by atoms with van der Waals surface area (Å²) in [5.41, 5.74) is 21.0. The topological polar surface area (TPSA) is 20.9 Å². The standard InChI is InChI=1S/C47H45N5/c1-28(2)37-25-38(29(3)4)27-39(26-37)48-40-16-12-18-42-45(40)47(51-31(6)24-30(5)49(42)51)46-41(48)17-13-19-43(46)50-32(7)44(33(8)52(47)50)36-22-20-35(21-23-36)34-14-10-9-11-15-34/h9-29H,1-8H3/q+2. The molecule has 1 atom stereocenters. The van der Waals surface area contributed by atoms with Gasteiger partial charge in [0.15, 0.2) is 11.1 Å². The molecule has 0 saturated carbocycles. The zero-order chi connectivity index (χ0) is 35.8. The zero-order valence-electron chi connectivity index (χ0n) is 31.4. The van der Waals surface area contributed by atoms with E-state index in [1.54, 1.807) is 0 Å². The molecule has 10 rings (SSSR count). The zero-order valence-corrected chi connectivity index (χ0v) is 31.4. The van der Waals surface area contributed by atoms with Crippen molar-refractivity contribution in [1.82, 2.24) is 9.36 Å². The maximum atomic E-state index is 2.62. The number of hydrogen-bond acceptors (Lipinski definition) is 1. The molecule has 0 saturated heterocycles. The van der Waals surface area contributed by atoms with E-state index >= 15 is 0 Å². The van der Waals surface area contributed by atoms with Gasteiger partial charge < -0.3 is 4.90 Å². The van der Waals surface area contributed by atoms with Crippen molar-refractivity contribution < 1.29 is 9.36 Å². The Kier molecular flexibility index (Phi) is 6.38. The first-order valence-corrected chi connectivity index (χ1v) is 18.8. The normalized spacial score (nSPS) is 16.1. The molecule has 0 N–H and O–H groups in total. The quantitative estimate of drug-likeness (QED) is 0.166. The Hall–Kier alpha value is -5.68. The van der Waals surface area contributed by atoms with Gasteiger partial charge in [-0.15, -0.1) is 9.36 Å². The molecule has 0 aliphatic carbocycles. The predicted octanol–water partition coefficient (Wildman–Crippen LogP) is 10.4. The van der Waals surface area contributed by atoms with Crippen LogP contribution < -0.4 is 14.3 Å². The van der Waals surface area contributed by atoms with Crippen LogP contribution in [0.2, 0.25) is 0 Å². The summed E-state index contributed by atoms with van der Waals surface area (Å²) in [5.74, 6) is 0.848. The van der Waals surface area contributed by atoms with Crippen LogP contribution in [0.25, 0.3) is 33.6 Å². The number of benzene rings is 5. The first-order valence-electron chi connectivity index (χ1n) is 18.8. The monoisotopic (exact) mass is 679 g/mol. The average molecular weight is 680 g/mol. The Labute approximate surface area is 306 Å². The molecule has 0 amide bonds. The molecule has 0 radical (unpaired) electrons. The maximum absolute atomic E-state index is 2.62. The van der Waals surface area contributed by atoms with Gasteiger partial charge in [0.05, 0.1) is 28.3 Å². The van der Waals surface area contributed by atoms with Crippen LogP contribution in [0.3, 0.4) is 0 Å². The van der Waals surface area contributed by atoms with Crippen molar-refractivity contribution >= 4 is 17.1 Å². The number of hydrogen-bond donors (Lipinski definition) is 0. The Morgan fingerprint density at radius 3 is 1.65 bits per heavy atom. The van der Waals surface area contributed by atoms with Crippen LogP contribution in [0, 0.1) is 27.7 Å². The van der Waals surface area contributed by atoms with Gasteiger partial charge in [-0.05, 0) is 99.3 Å². The van der Waals surface area contributed by atoms with E-state index in [0.29, 0.717) is 11.8 Å². The van der Waals surface area contributed by atoms with Gasteiger partial charge in [-0.25, -0.2) is 0 Å². The van der Waals surface area contributed by atoms with Gasteiger partial charge in [-0.2, -0.15) is 0 Å². The summed E-state index contributed by atoms with van der Waals surface area (Å²) in [6.07, 6.45) is 0. The third kappa shape index (κ3) is 3.78. The Balaban J connectivity index is 1.30. The second kappa shape index (κ2) is 10.7. The summed E-state index contributed by atoms with van der Waals surface area (Å²) >= 11 is 0. The van der Waals surface area contributed by atoms with Crippen molar-refractivity contribution in [3.63, 3.8) is 0 Å². The highest BCUT2D eigenvalue weighted by atomic mass is 15.6. The molecule has 5 heterocycles. The Bertz CT molecular complexity index is 2590. The second-order valence-electron chi connectivity index (χ2n) is 15.7. The number of rotatable bonds is 5. The van der Waals surface area contributed by atoms with Gasteiger partial charge in [0, 0.05) is 25.6 Å². The molecule has 1 spiro atoms. The lowest BCUT2D eigenvalue weighted by Crippen LogP contribution is -2.76. The third-order valence-electron chi connectivity index (χ3n) is 12.0. The van der Waals surface area contributed by atoms with Crippen LogP contribution in [-0.2, 0) is 5.66 Å². The molecule has 2 aromatic heterocycles. The Morgan fingerprint density at radius 2 is 1.06 bits per heavy atom. The van der Waals surface area contributed by atoms with E-state index < -0.39 is 5.66 Å². The predicted molar refractivity (Wildman–Crippen MR) is 210 cm³/mol. The molecular weight excluding hydrogens is 635 g/mol. The summed E-state index contributed by atoms with van der Waals surface area (Å²) in [5, 5.41) is 0. The van der Waals surface area contributed by atoms with E-state index in [-0.39, 0.29) is 0 Å². The lowest BCUT2D eigenvalue weighted by molar-refractivity contribution is -1.02. The fourth-order valence-electron chi connectivity index (χ4n) is 9.76. The number of aryl methyl sites for hydroxylation is 2. The van der Waals surface area contributed by atoms with Crippen molar-refractivity contribution in [2.24, 2.45) is 0 Å². The van der Waals surface area contributed by atoms with Gasteiger partial charge in [0.1, 0.15) is 11.4 Å². The van der Waals surface area contributed by atoms with Gasteiger partial charge in [0.2, 0.25) is 11.4 Å². The minimum absolute atomic E-state index is 0.424. The van der Waals surface area contributed by atoms with Crippen molar-refractivity contribution in [1.29, 1.82) is 0 Å². The molecule has 5 aromatic carbocycles. The fourth-order valence-corrected chi connectivity index (χ4v) is 9.76. The van der Waals surface area contributed by atoms with Crippen LogP contribution >= 0.6 is 0 Å². The van der Waals surface area contributed by atoms with Gasteiger partial charge in [-0.3, -0.25) is 0 Å². The average Bonchev–Trinajstić information content (AvgIpc) is 3.82. The minimum atomic E-state index is -0.611. The largest absolute Gasteiger partial charge is 0.466 e. The van der Waals surface area contributed by atoms with E-state index in [0.717, 1.165) is 0 Å². The summed E-state index contributed by atoms with van der Waals surface area (Å²) in [6, 6.07) is 43.3. The fraction of sp³-hybridized carbons (Fsp3) is 0.234. The van der Waals surface area contributed by atoms with E-state index in [9.17, 15) is 0 Å². The van der Waals surface area contributed by atoms with Gasteiger partial charge in [-0.1, -0.05) is 100 Å². The van der Waals surface area contributed by atoms with Crippen molar-refractivity contribution in [3.8, 4) is 33.6 Å². The second-order valence-corrected chi connectivity index (χ2v) is 15.7. The molecule has 3 aliphatic heterocycles. The Morgan fingerprint density at radius 1 is 0.519 bits per heavy atom. The molecule has 0 bridgehead atoms. The smallest absolute Gasteiger partial charge is 0.309 e.